The van der Waals surface area contributed by atoms with Gasteiger partial charge in [0.1, 0.15) is 17.3 Å². The van der Waals surface area contributed by atoms with Crippen LogP contribution in [-0.4, -0.2) is 41.9 Å². The van der Waals surface area contributed by atoms with Crippen LogP contribution < -0.4 is 20.5 Å². The van der Waals surface area contributed by atoms with Gasteiger partial charge in [0.25, 0.3) is 5.91 Å². The first kappa shape index (κ1) is 28.4. The third kappa shape index (κ3) is 7.07. The number of nitrogens with one attached hydrogen (secondary N) is 1. The van der Waals surface area contributed by atoms with E-state index in [0.717, 1.165) is 0 Å². The summed E-state index contributed by atoms with van der Waals surface area (Å²) in [6.07, 6.45) is 0.591. The van der Waals surface area contributed by atoms with E-state index in [1.54, 1.807) is 36.4 Å². The first-order valence-electron chi connectivity index (χ1n) is 11.9. The van der Waals surface area contributed by atoms with Crippen LogP contribution >= 0.6 is 0 Å². The van der Waals surface area contributed by atoms with Gasteiger partial charge in [0.2, 0.25) is 5.91 Å². The van der Waals surface area contributed by atoms with Crippen molar-refractivity contribution < 1.29 is 23.5 Å². The molecule has 0 aliphatic carbocycles. The van der Waals surface area contributed by atoms with Crippen molar-refractivity contribution in [1.82, 2.24) is 15.1 Å². The van der Waals surface area contributed by atoms with E-state index in [4.69, 9.17) is 15.2 Å². The average Bonchev–Trinajstić information content (AvgIpc) is 3.29. The molecule has 1 heterocycles. The molecule has 0 saturated carbocycles. The van der Waals surface area contributed by atoms with Gasteiger partial charge in [-0.1, -0.05) is 39.8 Å². The molecule has 0 fully saturated rings. The number of amides is 2. The van der Waals surface area contributed by atoms with Gasteiger partial charge in [-0.05, 0) is 48.7 Å². The Kier molecular flexibility index (Phi) is 10.5. The highest BCUT2D eigenvalue weighted by atomic mass is 19.1. The van der Waals surface area contributed by atoms with Crippen molar-refractivity contribution in [3.8, 4) is 28.4 Å². The molecule has 0 spiro atoms. The van der Waals surface area contributed by atoms with Crippen molar-refractivity contribution in [2.45, 2.75) is 46.6 Å². The Labute approximate surface area is 211 Å². The normalized spacial score (nSPS) is 11.3. The summed E-state index contributed by atoms with van der Waals surface area (Å²) < 4.78 is 26.6. The molecule has 3 rings (SSSR count). The number of aromatic nitrogens is 2. The van der Waals surface area contributed by atoms with Crippen molar-refractivity contribution in [1.29, 1.82) is 0 Å². The minimum absolute atomic E-state index is 0.0156. The molecular weight excluding hydrogens is 463 g/mol. The lowest BCUT2D eigenvalue weighted by Gasteiger charge is -2.18. The zero-order chi connectivity index (χ0) is 26.8. The fraction of sp³-hybridized carbons (Fsp3) is 0.370. The second-order valence-electron chi connectivity index (χ2n) is 8.31. The number of hydrogen-bond acceptors (Lipinski definition) is 5. The van der Waals surface area contributed by atoms with Crippen molar-refractivity contribution in [2.24, 2.45) is 11.7 Å². The fourth-order valence-electron chi connectivity index (χ4n) is 3.84. The summed E-state index contributed by atoms with van der Waals surface area (Å²) in [6.45, 7) is 7.98. The lowest BCUT2D eigenvalue weighted by atomic mass is 10.0. The van der Waals surface area contributed by atoms with Crippen LogP contribution in [-0.2, 0) is 4.79 Å². The Hall–Kier alpha value is -3.88. The number of ether oxygens (including phenoxy) is 2. The Morgan fingerprint density at radius 1 is 1.06 bits per heavy atom. The van der Waals surface area contributed by atoms with E-state index in [1.807, 2.05) is 27.7 Å². The van der Waals surface area contributed by atoms with Gasteiger partial charge < -0.3 is 20.5 Å². The summed E-state index contributed by atoms with van der Waals surface area (Å²) in [5, 5.41) is 7.33. The summed E-state index contributed by atoms with van der Waals surface area (Å²) in [7, 11) is 3.05. The van der Waals surface area contributed by atoms with Crippen LogP contribution in [0.4, 0.5) is 4.39 Å². The van der Waals surface area contributed by atoms with Crippen LogP contribution in [0.2, 0.25) is 0 Å². The number of rotatable bonds is 10. The highest BCUT2D eigenvalue weighted by molar-refractivity contribution is 5.94. The number of hydrogen-bond donors (Lipinski definition) is 2. The van der Waals surface area contributed by atoms with E-state index in [1.165, 1.54) is 31.0 Å². The molecule has 3 N–H and O–H groups in total. The summed E-state index contributed by atoms with van der Waals surface area (Å²) in [5.74, 6) is -0.197. The number of carbonyl (C=O) groups excluding carboxylic acids is 2. The minimum Gasteiger partial charge on any atom is -0.496 e. The first-order valence-corrected chi connectivity index (χ1v) is 11.9. The molecule has 9 heteroatoms. The summed E-state index contributed by atoms with van der Waals surface area (Å²) in [6, 6.07) is 12.3. The molecule has 8 nitrogen and oxygen atoms in total. The Morgan fingerprint density at radius 3 is 2.19 bits per heavy atom. The molecule has 2 amide bonds. The molecule has 0 saturated heterocycles. The van der Waals surface area contributed by atoms with Gasteiger partial charge >= 0.3 is 0 Å². The SMILES string of the molecule is CC.COc1cccc(OC)c1-c1cc(C(=O)NC(CC(N)=O)CC(C)C)nn1-c1cccc(F)c1. The lowest BCUT2D eigenvalue weighted by molar-refractivity contribution is -0.118. The van der Waals surface area contributed by atoms with Gasteiger partial charge in [0.05, 0.1) is 31.2 Å². The quantitative estimate of drug-likeness (QED) is 0.420. The maximum absolute atomic E-state index is 14.0. The number of methoxy groups -OCH3 is 2. The number of nitrogens with two attached hydrogens (primary N) is 1. The Bertz CT molecular complexity index is 1150. The van der Waals surface area contributed by atoms with Gasteiger partial charge in [-0.2, -0.15) is 5.10 Å². The van der Waals surface area contributed by atoms with E-state index in [-0.39, 0.29) is 18.0 Å². The third-order valence-corrected chi connectivity index (χ3v) is 5.22. The molecule has 3 aromatic rings. The van der Waals surface area contributed by atoms with Gasteiger partial charge in [-0.15, -0.1) is 0 Å². The zero-order valence-electron chi connectivity index (χ0n) is 21.7. The number of primary amides is 1. The monoisotopic (exact) mass is 498 g/mol. The van der Waals surface area contributed by atoms with Crippen LogP contribution in [0.5, 0.6) is 11.5 Å². The molecule has 1 unspecified atom stereocenters. The maximum Gasteiger partial charge on any atom is 0.272 e. The molecule has 36 heavy (non-hydrogen) atoms. The highest BCUT2D eigenvalue weighted by Crippen LogP contribution is 2.39. The van der Waals surface area contributed by atoms with Gasteiger partial charge in [-0.3, -0.25) is 9.59 Å². The molecular formula is C27H35FN4O4. The molecule has 0 aliphatic heterocycles. The standard InChI is InChI=1S/C25H29FN4O4.C2H6/c1-15(2)11-17(13-23(27)31)28-25(32)19-14-20(24-21(33-3)9-6-10-22(24)34-4)30(29-19)18-8-5-7-16(26)12-18;1-2/h5-10,12,14-15,17H,11,13H2,1-4H3,(H2,27,31)(H,28,32);1-2H3. The molecule has 1 atom stereocenters. The predicted octanol–water partition coefficient (Wildman–Crippen LogP) is 4.74. The van der Waals surface area contributed by atoms with Crippen molar-refractivity contribution in [3.63, 3.8) is 0 Å². The number of nitrogens with zero attached hydrogens (tertiary/aromatic N) is 2. The molecule has 2 aromatic carbocycles. The van der Waals surface area contributed by atoms with Crippen molar-refractivity contribution in [3.05, 3.63) is 60.0 Å². The van der Waals surface area contributed by atoms with Crippen LogP contribution in [0.3, 0.4) is 0 Å². The molecule has 0 radical (unpaired) electrons. The average molecular weight is 499 g/mol. The highest BCUT2D eigenvalue weighted by Gasteiger charge is 2.24. The van der Waals surface area contributed by atoms with Crippen LogP contribution in [0.15, 0.2) is 48.5 Å². The smallest absolute Gasteiger partial charge is 0.272 e. The van der Waals surface area contributed by atoms with E-state index >= 15 is 0 Å². The molecule has 1 aromatic heterocycles. The predicted molar refractivity (Wildman–Crippen MR) is 138 cm³/mol. The van der Waals surface area contributed by atoms with Crippen molar-refractivity contribution in [2.75, 3.05) is 14.2 Å². The second-order valence-corrected chi connectivity index (χ2v) is 8.31. The summed E-state index contributed by atoms with van der Waals surface area (Å²) >= 11 is 0. The van der Waals surface area contributed by atoms with Crippen LogP contribution in [0.1, 0.15) is 51.0 Å². The van der Waals surface area contributed by atoms with Gasteiger partial charge in [-0.25, -0.2) is 9.07 Å². The van der Waals surface area contributed by atoms with Crippen LogP contribution in [0.25, 0.3) is 16.9 Å². The number of carbonyl (C=O) groups is 2. The van der Waals surface area contributed by atoms with Gasteiger partial charge in [0, 0.05) is 12.5 Å². The minimum atomic E-state index is -0.504. The number of benzene rings is 2. The first-order chi connectivity index (χ1) is 17.2. The Morgan fingerprint density at radius 2 is 1.67 bits per heavy atom. The maximum atomic E-state index is 14.0. The Balaban J connectivity index is 0.00000222. The molecule has 0 aliphatic rings. The topological polar surface area (TPSA) is 108 Å². The fourth-order valence-corrected chi connectivity index (χ4v) is 3.84. The van der Waals surface area contributed by atoms with E-state index in [0.29, 0.717) is 34.9 Å². The van der Waals surface area contributed by atoms with Gasteiger partial charge in [0.15, 0.2) is 5.69 Å². The largest absolute Gasteiger partial charge is 0.496 e. The summed E-state index contributed by atoms with van der Waals surface area (Å²) in [4.78, 5) is 24.6. The van der Waals surface area contributed by atoms with Crippen LogP contribution in [0, 0.1) is 11.7 Å². The lowest BCUT2D eigenvalue weighted by Crippen LogP contribution is -2.39. The second kappa shape index (κ2) is 13.3. The number of halogens is 1. The van der Waals surface area contributed by atoms with E-state index in [2.05, 4.69) is 10.4 Å². The summed E-state index contributed by atoms with van der Waals surface area (Å²) in [5.41, 5.74) is 6.90. The van der Waals surface area contributed by atoms with Crippen molar-refractivity contribution >= 4 is 11.8 Å². The van der Waals surface area contributed by atoms with E-state index in [9.17, 15) is 14.0 Å². The van der Waals surface area contributed by atoms with E-state index < -0.39 is 23.7 Å². The zero-order valence-corrected chi connectivity index (χ0v) is 21.7. The molecule has 194 valence electrons. The third-order valence-electron chi connectivity index (χ3n) is 5.22. The molecule has 0 bridgehead atoms.